The molecule has 1 fully saturated rings. The molecule has 0 aliphatic carbocycles. The Morgan fingerprint density at radius 3 is 2.76 bits per heavy atom. The van der Waals surface area contributed by atoms with E-state index in [1.54, 1.807) is 0 Å². The number of likely N-dealkylation sites (tertiary alicyclic amines) is 1. The third-order valence-electron chi connectivity index (χ3n) is 4.78. The van der Waals surface area contributed by atoms with Crippen molar-refractivity contribution >= 4 is 0 Å². The van der Waals surface area contributed by atoms with Crippen LogP contribution in [-0.4, -0.2) is 31.1 Å². The fourth-order valence-electron chi connectivity index (χ4n) is 3.32. The van der Waals surface area contributed by atoms with Crippen LogP contribution in [0.5, 0.6) is 0 Å². The quantitative estimate of drug-likeness (QED) is 0.815. The van der Waals surface area contributed by atoms with E-state index < -0.39 is 0 Å². The summed E-state index contributed by atoms with van der Waals surface area (Å²) in [6.07, 6.45) is 2.56. The second-order valence-electron chi connectivity index (χ2n) is 6.97. The first-order valence-electron chi connectivity index (χ1n) is 8.62. The van der Waals surface area contributed by atoms with Crippen LogP contribution in [0.3, 0.4) is 0 Å². The molecule has 1 N–H and O–H groups in total. The Kier molecular flexibility index (Phi) is 6.25. The Morgan fingerprint density at radius 2 is 2.14 bits per heavy atom. The van der Waals surface area contributed by atoms with Crippen molar-refractivity contribution in [1.82, 2.24) is 10.2 Å². The number of aryl methyl sites for hydroxylation is 1. The molecule has 1 saturated heterocycles. The number of nitrogens with zero attached hydrogens (tertiary/aromatic N) is 1. The molecule has 1 aliphatic heterocycles. The number of hydrogen-bond acceptors (Lipinski definition) is 2. The van der Waals surface area contributed by atoms with Crippen LogP contribution in [0.1, 0.15) is 50.8 Å². The maximum Gasteiger partial charge on any atom is 0.0449 e. The smallest absolute Gasteiger partial charge is 0.0449 e. The molecule has 0 aromatic heterocycles. The summed E-state index contributed by atoms with van der Waals surface area (Å²) >= 11 is 0. The first kappa shape index (κ1) is 16.5. The lowest BCUT2D eigenvalue weighted by atomic mass is 9.95. The van der Waals surface area contributed by atoms with E-state index in [2.05, 4.69) is 62.2 Å². The lowest BCUT2D eigenvalue weighted by Gasteiger charge is -2.26. The summed E-state index contributed by atoms with van der Waals surface area (Å²) in [6, 6.07) is 9.45. The lowest BCUT2D eigenvalue weighted by molar-refractivity contribution is 0.270. The Hall–Kier alpha value is -0.860. The first-order chi connectivity index (χ1) is 10.1. The van der Waals surface area contributed by atoms with E-state index in [0.29, 0.717) is 6.04 Å². The van der Waals surface area contributed by atoms with E-state index in [4.69, 9.17) is 0 Å². The largest absolute Gasteiger partial charge is 0.309 e. The van der Waals surface area contributed by atoms with E-state index in [9.17, 15) is 0 Å². The monoisotopic (exact) mass is 288 g/mol. The van der Waals surface area contributed by atoms with E-state index in [1.807, 2.05) is 0 Å². The minimum Gasteiger partial charge on any atom is -0.309 e. The van der Waals surface area contributed by atoms with Crippen molar-refractivity contribution in [2.45, 2.75) is 46.6 Å². The van der Waals surface area contributed by atoms with Gasteiger partial charge in [0.25, 0.3) is 0 Å². The van der Waals surface area contributed by atoms with Gasteiger partial charge in [-0.1, -0.05) is 50.6 Å². The Morgan fingerprint density at radius 1 is 1.33 bits per heavy atom. The van der Waals surface area contributed by atoms with Crippen molar-refractivity contribution in [1.29, 1.82) is 0 Å². The van der Waals surface area contributed by atoms with Gasteiger partial charge in [0.05, 0.1) is 0 Å². The van der Waals surface area contributed by atoms with Crippen LogP contribution in [0, 0.1) is 18.8 Å². The molecule has 1 aromatic carbocycles. The number of rotatable bonds is 7. The van der Waals surface area contributed by atoms with E-state index in [0.717, 1.165) is 24.9 Å². The molecular weight excluding hydrogens is 256 g/mol. The summed E-state index contributed by atoms with van der Waals surface area (Å²) in [5.41, 5.74) is 2.80. The van der Waals surface area contributed by atoms with Crippen molar-refractivity contribution < 1.29 is 0 Å². The third kappa shape index (κ3) is 4.82. The zero-order valence-corrected chi connectivity index (χ0v) is 14.2. The molecule has 2 nitrogen and oxygen atoms in total. The van der Waals surface area contributed by atoms with Gasteiger partial charge in [-0.05, 0) is 50.3 Å². The summed E-state index contributed by atoms with van der Waals surface area (Å²) in [6.45, 7) is 13.9. The highest BCUT2D eigenvalue weighted by molar-refractivity contribution is 5.25. The van der Waals surface area contributed by atoms with Gasteiger partial charge in [0.15, 0.2) is 0 Å². The summed E-state index contributed by atoms with van der Waals surface area (Å²) in [7, 11) is 0. The highest BCUT2D eigenvalue weighted by Crippen LogP contribution is 2.26. The molecule has 2 rings (SSSR count). The van der Waals surface area contributed by atoms with E-state index >= 15 is 0 Å². The fraction of sp³-hybridized carbons (Fsp3) is 0.684. The van der Waals surface area contributed by atoms with Crippen molar-refractivity contribution in [2.24, 2.45) is 11.8 Å². The van der Waals surface area contributed by atoms with Crippen molar-refractivity contribution in [2.75, 3.05) is 26.2 Å². The molecule has 2 unspecified atom stereocenters. The Labute approximate surface area is 130 Å². The highest BCUT2D eigenvalue weighted by Gasteiger charge is 2.26. The second kappa shape index (κ2) is 7.95. The number of hydrogen-bond donors (Lipinski definition) is 1. The molecule has 0 saturated carbocycles. The standard InChI is InChI=1S/C19H32N2/c1-5-10-20-19(17-8-6-7-16(4)12-17)14-21-11-9-18(13-21)15(2)3/h6-8,12,15,18-20H,5,9-11,13-14H2,1-4H3. The van der Waals surface area contributed by atoms with Crippen LogP contribution in [0.15, 0.2) is 24.3 Å². The average Bonchev–Trinajstić information content (AvgIpc) is 2.92. The minimum absolute atomic E-state index is 0.468. The molecule has 1 heterocycles. The fourth-order valence-corrected chi connectivity index (χ4v) is 3.32. The predicted octanol–water partition coefficient (Wildman–Crippen LogP) is 4.01. The SMILES string of the molecule is CCCNC(CN1CCC(C(C)C)C1)c1cccc(C)c1. The topological polar surface area (TPSA) is 15.3 Å². The molecule has 1 aliphatic rings. The van der Waals surface area contributed by atoms with Crippen molar-refractivity contribution in [3.05, 3.63) is 35.4 Å². The Balaban J connectivity index is 2.00. The molecule has 118 valence electrons. The molecule has 0 bridgehead atoms. The second-order valence-corrected chi connectivity index (χ2v) is 6.97. The molecule has 2 heteroatoms. The van der Waals surface area contributed by atoms with Crippen molar-refractivity contribution in [3.63, 3.8) is 0 Å². The molecule has 0 radical (unpaired) electrons. The normalized spacial score (nSPS) is 21.1. The van der Waals surface area contributed by atoms with Gasteiger partial charge in [-0.3, -0.25) is 0 Å². The average molecular weight is 288 g/mol. The molecule has 2 atom stereocenters. The lowest BCUT2D eigenvalue weighted by Crippen LogP contribution is -2.34. The zero-order chi connectivity index (χ0) is 15.2. The third-order valence-corrected chi connectivity index (χ3v) is 4.78. The molecule has 0 spiro atoms. The summed E-state index contributed by atoms with van der Waals surface area (Å²) < 4.78 is 0. The van der Waals surface area contributed by atoms with Gasteiger partial charge in [0.2, 0.25) is 0 Å². The summed E-state index contributed by atoms with van der Waals surface area (Å²) in [5, 5.41) is 3.74. The van der Waals surface area contributed by atoms with Crippen LogP contribution < -0.4 is 5.32 Å². The maximum atomic E-state index is 3.74. The van der Waals surface area contributed by atoms with Gasteiger partial charge < -0.3 is 10.2 Å². The number of nitrogens with one attached hydrogen (secondary N) is 1. The van der Waals surface area contributed by atoms with Gasteiger partial charge in [0.1, 0.15) is 0 Å². The first-order valence-corrected chi connectivity index (χ1v) is 8.62. The summed E-state index contributed by atoms with van der Waals surface area (Å²) in [4.78, 5) is 2.65. The van der Waals surface area contributed by atoms with E-state index in [-0.39, 0.29) is 0 Å². The maximum absolute atomic E-state index is 3.74. The van der Waals surface area contributed by atoms with Gasteiger partial charge in [-0.15, -0.1) is 0 Å². The molecule has 21 heavy (non-hydrogen) atoms. The minimum atomic E-state index is 0.468. The van der Waals surface area contributed by atoms with Gasteiger partial charge >= 0.3 is 0 Å². The van der Waals surface area contributed by atoms with Gasteiger partial charge in [0, 0.05) is 19.1 Å². The van der Waals surface area contributed by atoms with Crippen LogP contribution in [-0.2, 0) is 0 Å². The van der Waals surface area contributed by atoms with Crippen LogP contribution in [0.25, 0.3) is 0 Å². The van der Waals surface area contributed by atoms with E-state index in [1.165, 1.54) is 37.1 Å². The van der Waals surface area contributed by atoms with Crippen LogP contribution >= 0.6 is 0 Å². The van der Waals surface area contributed by atoms with Gasteiger partial charge in [-0.2, -0.15) is 0 Å². The number of benzene rings is 1. The van der Waals surface area contributed by atoms with Gasteiger partial charge in [-0.25, -0.2) is 0 Å². The zero-order valence-electron chi connectivity index (χ0n) is 14.2. The van der Waals surface area contributed by atoms with Crippen LogP contribution in [0.4, 0.5) is 0 Å². The Bertz CT molecular complexity index is 427. The molecular formula is C19H32N2. The highest BCUT2D eigenvalue weighted by atomic mass is 15.2. The summed E-state index contributed by atoms with van der Waals surface area (Å²) in [5.74, 6) is 1.70. The van der Waals surface area contributed by atoms with Crippen molar-refractivity contribution in [3.8, 4) is 0 Å². The molecule has 1 aromatic rings. The molecule has 0 amide bonds. The van der Waals surface area contributed by atoms with Crippen LogP contribution in [0.2, 0.25) is 0 Å². The predicted molar refractivity (Wildman–Crippen MR) is 91.6 cm³/mol.